The minimum absolute atomic E-state index is 0.0891. The Balaban J connectivity index is 0.000000352. The number of hydrogen-bond donors (Lipinski definition) is 2. The van der Waals surface area contributed by atoms with E-state index in [0.29, 0.717) is 0 Å². The van der Waals surface area contributed by atoms with Gasteiger partial charge in [-0.3, -0.25) is 14.6 Å². The smallest absolute Gasteiger partial charge is 0.397 e. The third kappa shape index (κ3) is 7.92. The predicted molar refractivity (Wildman–Crippen MR) is 130 cm³/mol. The second-order valence-corrected chi connectivity index (χ2v) is 8.07. The predicted octanol–water partition coefficient (Wildman–Crippen LogP) is 5.44. The molecule has 0 spiro atoms. The molecule has 0 bridgehead atoms. The average molecular weight is 541 g/mol. The first-order chi connectivity index (χ1) is 17.9. The van der Waals surface area contributed by atoms with Gasteiger partial charge in [-0.05, 0) is 42.5 Å². The van der Waals surface area contributed by atoms with Gasteiger partial charge in [0.25, 0.3) is 5.56 Å². The van der Waals surface area contributed by atoms with Crippen LogP contribution in [0.5, 0.6) is 0 Å². The third-order valence-electron chi connectivity index (χ3n) is 5.19. The number of anilines is 1. The minimum Gasteiger partial charge on any atom is -0.397 e. The Hall–Kier alpha value is -4.16. The number of carbonyl (C=O) groups excluding carboxylic acids is 1. The molecule has 38 heavy (non-hydrogen) atoms. The quantitative estimate of drug-likeness (QED) is 0.224. The van der Waals surface area contributed by atoms with Crippen LogP contribution < -0.4 is 11.3 Å². The zero-order valence-electron chi connectivity index (χ0n) is 20.5. The highest BCUT2D eigenvalue weighted by molar-refractivity contribution is 5.84. The van der Waals surface area contributed by atoms with Crippen molar-refractivity contribution in [1.29, 1.82) is 0 Å². The molecule has 0 atom stereocenters. The number of halogens is 6. The molecule has 0 aliphatic carbocycles. The van der Waals surface area contributed by atoms with Crippen molar-refractivity contribution in [3.05, 3.63) is 81.3 Å². The number of unbranched alkanes of at least 4 members (excludes halogenated alkanes) is 2. The standard InChI is InChI=1S/C20H21F3N2O.C5H4F3N3O/c1-3-4-5-9-25(2)10-8-14-11-16(18-7-6-15(21)12-24-18)19(22)20(23)17(14)13-26;6-5(7,8)3-2(9)1-10-11-4(3)12/h6-8,10-13H,3-5,9H2,1-2H3;1H,(H3,9,11,12)/b10-8-;. The lowest BCUT2D eigenvalue weighted by Gasteiger charge is -2.14. The van der Waals surface area contributed by atoms with Crippen LogP contribution in [-0.2, 0) is 6.18 Å². The molecule has 0 saturated carbocycles. The lowest BCUT2D eigenvalue weighted by atomic mass is 10.0. The van der Waals surface area contributed by atoms with Gasteiger partial charge in [0.2, 0.25) is 0 Å². The summed E-state index contributed by atoms with van der Waals surface area (Å²) in [6.45, 7) is 2.93. The molecule has 3 rings (SSSR count). The van der Waals surface area contributed by atoms with Crippen LogP contribution in [0.15, 0.2) is 41.6 Å². The van der Waals surface area contributed by atoms with Crippen molar-refractivity contribution >= 4 is 18.0 Å². The van der Waals surface area contributed by atoms with Crippen LogP contribution in [0.4, 0.5) is 32.0 Å². The molecule has 7 nitrogen and oxygen atoms in total. The fraction of sp³-hybridized carbons (Fsp3) is 0.280. The highest BCUT2D eigenvalue weighted by Gasteiger charge is 2.36. The molecule has 0 fully saturated rings. The van der Waals surface area contributed by atoms with Crippen LogP contribution in [0.3, 0.4) is 0 Å². The number of H-pyrrole nitrogens is 1. The molecule has 0 radical (unpaired) electrons. The number of nitrogen functional groups attached to an aromatic ring is 1. The van der Waals surface area contributed by atoms with E-state index in [4.69, 9.17) is 5.73 Å². The summed E-state index contributed by atoms with van der Waals surface area (Å²) >= 11 is 0. The molecule has 0 amide bonds. The van der Waals surface area contributed by atoms with E-state index in [1.807, 2.05) is 11.9 Å². The van der Waals surface area contributed by atoms with Crippen LogP contribution >= 0.6 is 0 Å². The molecule has 1 aromatic carbocycles. The number of aldehydes is 1. The molecule has 2 aromatic heterocycles. The number of nitrogens with one attached hydrogen (secondary N) is 1. The van der Waals surface area contributed by atoms with Crippen molar-refractivity contribution in [3.8, 4) is 11.3 Å². The van der Waals surface area contributed by atoms with Crippen LogP contribution in [0.1, 0.15) is 47.7 Å². The highest BCUT2D eigenvalue weighted by Crippen LogP contribution is 2.30. The molecule has 0 unspecified atom stereocenters. The summed E-state index contributed by atoms with van der Waals surface area (Å²) < 4.78 is 77.6. The van der Waals surface area contributed by atoms with Crippen molar-refractivity contribution in [1.82, 2.24) is 20.1 Å². The minimum atomic E-state index is -4.74. The first-order valence-corrected chi connectivity index (χ1v) is 11.3. The molecule has 204 valence electrons. The van der Waals surface area contributed by atoms with E-state index in [9.17, 15) is 35.9 Å². The van der Waals surface area contributed by atoms with Gasteiger partial charge in [0.05, 0.1) is 29.3 Å². The number of pyridine rings is 1. The Labute approximate surface area is 214 Å². The maximum absolute atomic E-state index is 14.3. The highest BCUT2D eigenvalue weighted by atomic mass is 19.4. The van der Waals surface area contributed by atoms with E-state index in [1.165, 1.54) is 12.1 Å². The maximum atomic E-state index is 14.3. The topological polar surface area (TPSA) is 105 Å². The monoisotopic (exact) mass is 541 g/mol. The summed E-state index contributed by atoms with van der Waals surface area (Å²) in [6.07, 6.45) is 3.72. The van der Waals surface area contributed by atoms with Crippen molar-refractivity contribution < 1.29 is 31.1 Å². The summed E-state index contributed by atoms with van der Waals surface area (Å²) in [7, 11) is 1.87. The molecule has 13 heteroatoms. The summed E-state index contributed by atoms with van der Waals surface area (Å²) in [5, 5.41) is 4.74. The van der Waals surface area contributed by atoms with Crippen molar-refractivity contribution in [2.75, 3.05) is 19.3 Å². The lowest BCUT2D eigenvalue weighted by Crippen LogP contribution is -2.24. The van der Waals surface area contributed by atoms with E-state index >= 15 is 0 Å². The molecule has 2 heterocycles. The summed E-state index contributed by atoms with van der Waals surface area (Å²) in [6, 6.07) is 3.72. The summed E-state index contributed by atoms with van der Waals surface area (Å²) in [5.74, 6) is -3.00. The fourth-order valence-electron chi connectivity index (χ4n) is 3.24. The van der Waals surface area contributed by atoms with Crippen molar-refractivity contribution in [2.45, 2.75) is 32.4 Å². The Bertz CT molecular complexity index is 1320. The first-order valence-electron chi connectivity index (χ1n) is 11.3. The van der Waals surface area contributed by atoms with Crippen LogP contribution in [0, 0.1) is 17.5 Å². The number of benzene rings is 1. The number of nitrogens with two attached hydrogens (primary N) is 1. The van der Waals surface area contributed by atoms with Crippen molar-refractivity contribution in [3.63, 3.8) is 0 Å². The summed E-state index contributed by atoms with van der Waals surface area (Å²) in [5.41, 5.74) is 1.34. The van der Waals surface area contributed by atoms with Crippen LogP contribution in [-0.4, -0.2) is 40.0 Å². The number of alkyl halides is 3. The van der Waals surface area contributed by atoms with E-state index in [0.717, 1.165) is 44.3 Å². The van der Waals surface area contributed by atoms with E-state index < -0.39 is 40.4 Å². The van der Waals surface area contributed by atoms with Gasteiger partial charge >= 0.3 is 6.18 Å². The van der Waals surface area contributed by atoms with Gasteiger partial charge < -0.3 is 10.6 Å². The Morgan fingerprint density at radius 1 is 1.11 bits per heavy atom. The van der Waals surface area contributed by atoms with Crippen LogP contribution in [0.25, 0.3) is 17.3 Å². The molecule has 0 aliphatic heterocycles. The van der Waals surface area contributed by atoms with Gasteiger partial charge in [-0.2, -0.15) is 18.3 Å². The van der Waals surface area contributed by atoms with E-state index in [-0.39, 0.29) is 28.7 Å². The molecular formula is C25H25F6N5O2. The molecule has 0 aliphatic rings. The van der Waals surface area contributed by atoms with Gasteiger partial charge in [-0.25, -0.2) is 18.3 Å². The zero-order valence-corrected chi connectivity index (χ0v) is 20.5. The molecule has 3 aromatic rings. The Kier molecular flexibility index (Phi) is 10.6. The van der Waals surface area contributed by atoms with E-state index in [2.05, 4.69) is 17.0 Å². The lowest BCUT2D eigenvalue weighted by molar-refractivity contribution is -0.138. The number of aromatic amines is 1. The Morgan fingerprint density at radius 3 is 2.34 bits per heavy atom. The number of rotatable bonds is 8. The van der Waals surface area contributed by atoms with Crippen LogP contribution in [0.2, 0.25) is 0 Å². The second kappa shape index (κ2) is 13.4. The zero-order chi connectivity index (χ0) is 28.5. The Morgan fingerprint density at radius 2 is 1.82 bits per heavy atom. The van der Waals surface area contributed by atoms with Gasteiger partial charge in [-0.15, -0.1) is 0 Å². The van der Waals surface area contributed by atoms with E-state index in [1.54, 1.807) is 17.4 Å². The summed E-state index contributed by atoms with van der Waals surface area (Å²) in [4.78, 5) is 27.5. The van der Waals surface area contributed by atoms with Gasteiger partial charge in [0.1, 0.15) is 11.4 Å². The number of hydrogen-bond acceptors (Lipinski definition) is 6. The van der Waals surface area contributed by atoms with Gasteiger partial charge in [0.15, 0.2) is 17.9 Å². The average Bonchev–Trinajstić information content (AvgIpc) is 2.85. The van der Waals surface area contributed by atoms with Gasteiger partial charge in [-0.1, -0.05) is 19.8 Å². The fourth-order valence-corrected chi connectivity index (χ4v) is 3.24. The van der Waals surface area contributed by atoms with Gasteiger partial charge in [0, 0.05) is 19.2 Å². The number of carbonyl (C=O) groups is 1. The third-order valence-corrected chi connectivity index (χ3v) is 5.19. The number of aromatic nitrogens is 3. The largest absolute Gasteiger partial charge is 0.423 e. The SMILES string of the molecule is CCCCCN(C)/C=C\c1cc(-c2ccc(F)cn2)c(F)c(F)c1C=O.Nc1cn[nH]c(=O)c1C(F)(F)F. The normalized spacial score (nSPS) is 11.3. The maximum Gasteiger partial charge on any atom is 0.423 e. The number of nitrogens with zero attached hydrogens (tertiary/aromatic N) is 3. The van der Waals surface area contributed by atoms with Crippen molar-refractivity contribution in [2.24, 2.45) is 0 Å². The molecular weight excluding hydrogens is 516 g/mol. The molecule has 0 saturated heterocycles. The molecule has 3 N–H and O–H groups in total. The first kappa shape index (κ1) is 30.1. The second-order valence-electron chi connectivity index (χ2n) is 8.07.